The Hall–Kier alpha value is -3.48. The molecule has 4 rings (SSSR count). The summed E-state index contributed by atoms with van der Waals surface area (Å²) in [5.41, 5.74) is 10.8. The van der Waals surface area contributed by atoms with Gasteiger partial charge in [0.25, 0.3) is 0 Å². The second-order valence-corrected chi connectivity index (χ2v) is 7.21. The minimum Gasteiger partial charge on any atom is -0.497 e. The van der Waals surface area contributed by atoms with Crippen molar-refractivity contribution in [2.45, 2.75) is 25.3 Å². The molecule has 1 atom stereocenters. The maximum atomic E-state index is 6.08. The van der Waals surface area contributed by atoms with Gasteiger partial charge in [0.05, 0.1) is 38.8 Å². The van der Waals surface area contributed by atoms with Crippen LogP contribution in [0.3, 0.4) is 0 Å². The van der Waals surface area contributed by atoms with Crippen LogP contribution >= 0.6 is 0 Å². The third-order valence-corrected chi connectivity index (χ3v) is 5.37. The molecule has 2 aromatic carbocycles. The molecule has 0 saturated carbocycles. The number of ether oxygens (including phenoxy) is 3. The molecule has 3 aromatic rings. The Morgan fingerprint density at radius 3 is 2.57 bits per heavy atom. The molecule has 30 heavy (non-hydrogen) atoms. The fourth-order valence-corrected chi connectivity index (χ4v) is 3.87. The lowest BCUT2D eigenvalue weighted by molar-refractivity contribution is 0.391. The van der Waals surface area contributed by atoms with Crippen molar-refractivity contribution in [3.05, 3.63) is 53.7 Å². The molecular formula is C23H26N4O3. The van der Waals surface area contributed by atoms with Crippen LogP contribution in [0.15, 0.2) is 42.5 Å². The van der Waals surface area contributed by atoms with E-state index < -0.39 is 0 Å². The molecule has 0 aliphatic carbocycles. The molecule has 1 aliphatic heterocycles. The van der Waals surface area contributed by atoms with Crippen LogP contribution < -0.4 is 25.3 Å². The second-order valence-electron chi connectivity index (χ2n) is 7.21. The van der Waals surface area contributed by atoms with E-state index in [1.165, 1.54) is 0 Å². The Labute approximate surface area is 176 Å². The third-order valence-electron chi connectivity index (χ3n) is 5.37. The number of nitrogens with zero attached hydrogens (tertiary/aromatic N) is 2. The number of nitrogens with one attached hydrogen (secondary N) is 1. The van der Waals surface area contributed by atoms with E-state index >= 15 is 0 Å². The number of fused-ring (bicyclic) bond motifs is 1. The van der Waals surface area contributed by atoms with Crippen molar-refractivity contribution in [3.8, 4) is 28.5 Å². The molecule has 1 aliphatic rings. The van der Waals surface area contributed by atoms with Crippen LogP contribution in [-0.4, -0.2) is 31.3 Å². The first-order valence-electron chi connectivity index (χ1n) is 9.91. The second kappa shape index (κ2) is 8.49. The van der Waals surface area contributed by atoms with Crippen LogP contribution in [0.2, 0.25) is 0 Å². The number of anilines is 2. The number of rotatable bonds is 5. The minimum atomic E-state index is -0.00211. The zero-order valence-corrected chi connectivity index (χ0v) is 17.4. The van der Waals surface area contributed by atoms with Crippen LogP contribution in [0.4, 0.5) is 11.6 Å². The minimum absolute atomic E-state index is 0.00211. The monoisotopic (exact) mass is 406 g/mol. The van der Waals surface area contributed by atoms with Gasteiger partial charge in [0, 0.05) is 28.9 Å². The highest BCUT2D eigenvalue weighted by Crippen LogP contribution is 2.39. The fourth-order valence-electron chi connectivity index (χ4n) is 3.87. The molecule has 2 heterocycles. The van der Waals surface area contributed by atoms with Crippen LogP contribution in [0.25, 0.3) is 11.3 Å². The largest absolute Gasteiger partial charge is 0.497 e. The predicted octanol–water partition coefficient (Wildman–Crippen LogP) is 4.24. The van der Waals surface area contributed by atoms with E-state index in [-0.39, 0.29) is 12.0 Å². The number of methoxy groups -OCH3 is 3. The first-order chi connectivity index (χ1) is 14.6. The third kappa shape index (κ3) is 3.96. The maximum absolute atomic E-state index is 6.08. The van der Waals surface area contributed by atoms with E-state index in [4.69, 9.17) is 19.9 Å². The molecule has 0 fully saturated rings. The van der Waals surface area contributed by atoms with Gasteiger partial charge in [0.1, 0.15) is 17.2 Å². The van der Waals surface area contributed by atoms with Gasteiger partial charge >= 0.3 is 0 Å². The summed E-state index contributed by atoms with van der Waals surface area (Å²) in [4.78, 5) is 8.98. The Bertz CT molecular complexity index is 1050. The van der Waals surface area contributed by atoms with E-state index in [9.17, 15) is 0 Å². The number of hydrogen-bond acceptors (Lipinski definition) is 7. The van der Waals surface area contributed by atoms with Crippen LogP contribution in [0.1, 0.15) is 30.1 Å². The smallest absolute Gasteiger partial charge is 0.220 e. The van der Waals surface area contributed by atoms with Crippen molar-refractivity contribution >= 4 is 11.6 Å². The average molecular weight is 406 g/mol. The standard InChI is InChI=1S/C23H26N4O3/c1-28-15-7-4-6-14(10-15)19-13-21(27-23(24)26-19)18-9-5-8-17-20(25-18)11-16(29-2)12-22(17)30-3/h4,6-7,10-13,18,25H,5,8-9H2,1-3H3,(H2,24,26,27). The van der Waals surface area contributed by atoms with Gasteiger partial charge in [-0.3, -0.25) is 0 Å². The quantitative estimate of drug-likeness (QED) is 0.655. The molecule has 0 bridgehead atoms. The Balaban J connectivity index is 1.71. The molecule has 156 valence electrons. The van der Waals surface area contributed by atoms with Crippen molar-refractivity contribution < 1.29 is 14.2 Å². The van der Waals surface area contributed by atoms with E-state index in [1.807, 2.05) is 42.5 Å². The lowest BCUT2D eigenvalue weighted by Gasteiger charge is -2.20. The Morgan fingerprint density at radius 1 is 0.967 bits per heavy atom. The summed E-state index contributed by atoms with van der Waals surface area (Å²) in [6, 6.07) is 13.7. The summed E-state index contributed by atoms with van der Waals surface area (Å²) >= 11 is 0. The lowest BCUT2D eigenvalue weighted by Crippen LogP contribution is -2.13. The van der Waals surface area contributed by atoms with E-state index in [2.05, 4.69) is 15.3 Å². The zero-order valence-electron chi connectivity index (χ0n) is 17.4. The van der Waals surface area contributed by atoms with Gasteiger partial charge < -0.3 is 25.3 Å². The molecule has 1 aromatic heterocycles. The van der Waals surface area contributed by atoms with Gasteiger partial charge in [-0.15, -0.1) is 0 Å². The van der Waals surface area contributed by atoms with E-state index in [0.29, 0.717) is 0 Å². The first kappa shape index (κ1) is 19.8. The molecule has 0 amide bonds. The number of aromatic nitrogens is 2. The molecule has 7 nitrogen and oxygen atoms in total. The van der Waals surface area contributed by atoms with Crippen LogP contribution in [0, 0.1) is 0 Å². The average Bonchev–Trinajstić information content (AvgIpc) is 3.00. The van der Waals surface area contributed by atoms with Gasteiger partial charge in [-0.05, 0) is 37.5 Å². The summed E-state index contributed by atoms with van der Waals surface area (Å²) in [6.07, 6.45) is 2.81. The first-order valence-corrected chi connectivity index (χ1v) is 9.91. The van der Waals surface area contributed by atoms with Crippen molar-refractivity contribution in [1.29, 1.82) is 0 Å². The molecule has 0 radical (unpaired) electrons. The molecular weight excluding hydrogens is 380 g/mol. The zero-order chi connectivity index (χ0) is 21.1. The SMILES string of the molecule is COc1cccc(-c2cc(C3CCCc4c(cc(OC)cc4OC)N3)nc(N)n2)c1. The van der Waals surface area contributed by atoms with Crippen molar-refractivity contribution in [3.63, 3.8) is 0 Å². The Kier molecular flexibility index (Phi) is 5.61. The summed E-state index contributed by atoms with van der Waals surface area (Å²) in [6.45, 7) is 0. The highest BCUT2D eigenvalue weighted by molar-refractivity contribution is 5.65. The highest BCUT2D eigenvalue weighted by Gasteiger charge is 2.23. The Morgan fingerprint density at radius 2 is 1.80 bits per heavy atom. The molecule has 3 N–H and O–H groups in total. The summed E-state index contributed by atoms with van der Waals surface area (Å²) in [5, 5.41) is 3.62. The number of hydrogen-bond donors (Lipinski definition) is 2. The van der Waals surface area contributed by atoms with Crippen molar-refractivity contribution in [2.24, 2.45) is 0 Å². The summed E-state index contributed by atoms with van der Waals surface area (Å²) in [5.74, 6) is 2.60. The predicted molar refractivity (Wildman–Crippen MR) is 117 cm³/mol. The van der Waals surface area contributed by atoms with Gasteiger partial charge in [-0.2, -0.15) is 0 Å². The fraction of sp³-hybridized carbons (Fsp3) is 0.304. The lowest BCUT2D eigenvalue weighted by atomic mass is 10.0. The van der Waals surface area contributed by atoms with Gasteiger partial charge in [0.2, 0.25) is 5.95 Å². The molecule has 0 saturated heterocycles. The number of nitrogen functional groups attached to an aromatic ring is 1. The number of benzene rings is 2. The molecule has 0 spiro atoms. The normalized spacial score (nSPS) is 15.5. The maximum Gasteiger partial charge on any atom is 0.220 e. The number of nitrogens with two attached hydrogens (primary N) is 1. The topological polar surface area (TPSA) is 91.5 Å². The van der Waals surface area contributed by atoms with Crippen LogP contribution in [0.5, 0.6) is 17.2 Å². The van der Waals surface area contributed by atoms with E-state index in [0.717, 1.165) is 64.7 Å². The molecule has 7 heteroatoms. The van der Waals surface area contributed by atoms with Crippen molar-refractivity contribution in [1.82, 2.24) is 9.97 Å². The van der Waals surface area contributed by atoms with Crippen LogP contribution in [-0.2, 0) is 6.42 Å². The van der Waals surface area contributed by atoms with Gasteiger partial charge in [-0.1, -0.05) is 12.1 Å². The van der Waals surface area contributed by atoms with Gasteiger partial charge in [-0.25, -0.2) is 9.97 Å². The summed E-state index contributed by atoms with van der Waals surface area (Å²) in [7, 11) is 4.98. The molecule has 1 unspecified atom stereocenters. The highest BCUT2D eigenvalue weighted by atomic mass is 16.5. The van der Waals surface area contributed by atoms with Gasteiger partial charge in [0.15, 0.2) is 0 Å². The summed E-state index contributed by atoms with van der Waals surface area (Å²) < 4.78 is 16.4. The van der Waals surface area contributed by atoms with Crippen molar-refractivity contribution in [2.75, 3.05) is 32.4 Å². The van der Waals surface area contributed by atoms with E-state index in [1.54, 1.807) is 21.3 Å².